The smallest absolute Gasteiger partial charge is 0.314 e. The van der Waals surface area contributed by atoms with E-state index < -0.39 is 5.97 Å². The van der Waals surface area contributed by atoms with Gasteiger partial charge in [0, 0.05) is 0 Å². The Bertz CT molecular complexity index is 258. The van der Waals surface area contributed by atoms with Crippen molar-refractivity contribution in [2.24, 2.45) is 0 Å². The van der Waals surface area contributed by atoms with Crippen LogP contribution in [0.15, 0.2) is 15.9 Å². The molecule has 0 aliphatic heterocycles. The molecule has 0 fully saturated rings. The Hall–Kier alpha value is -0.970. The second-order valence-corrected chi connectivity index (χ2v) is 2.86. The van der Waals surface area contributed by atoms with E-state index in [4.69, 9.17) is 9.52 Å². The van der Waals surface area contributed by atoms with E-state index in [9.17, 15) is 4.79 Å². The molecule has 0 saturated carbocycles. The molecule has 0 bridgehead atoms. The van der Waals surface area contributed by atoms with E-state index in [0.717, 1.165) is 17.5 Å². The molecule has 0 aromatic carbocycles. The van der Waals surface area contributed by atoms with Crippen molar-refractivity contribution in [1.82, 2.24) is 4.98 Å². The Balaban J connectivity index is 2.45. The van der Waals surface area contributed by atoms with Crippen LogP contribution in [0.25, 0.3) is 0 Å². The Kier molecular flexibility index (Phi) is 2.53. The number of nitrogens with zero attached hydrogens (tertiary/aromatic N) is 1. The molecular weight excluding hydrogens is 166 g/mol. The highest BCUT2D eigenvalue weighted by molar-refractivity contribution is 7.99. The van der Waals surface area contributed by atoms with E-state index in [1.54, 1.807) is 6.92 Å². The van der Waals surface area contributed by atoms with Gasteiger partial charge in [-0.15, -0.1) is 0 Å². The molecule has 0 spiro atoms. The van der Waals surface area contributed by atoms with Crippen LogP contribution >= 0.6 is 11.8 Å². The Labute approximate surface area is 67.6 Å². The van der Waals surface area contributed by atoms with Gasteiger partial charge in [0.15, 0.2) is 0 Å². The van der Waals surface area contributed by atoms with E-state index in [1.807, 2.05) is 0 Å². The third-order valence-corrected chi connectivity index (χ3v) is 1.74. The van der Waals surface area contributed by atoms with Crippen molar-refractivity contribution in [2.45, 2.75) is 12.1 Å². The second kappa shape index (κ2) is 3.43. The SMILES string of the molecule is Cc1coc(SCC(=O)O)n1. The number of oxazole rings is 1. The molecule has 4 nitrogen and oxygen atoms in total. The largest absolute Gasteiger partial charge is 0.481 e. The first-order valence-electron chi connectivity index (χ1n) is 2.95. The Morgan fingerprint density at radius 3 is 3.09 bits per heavy atom. The lowest BCUT2D eigenvalue weighted by Gasteiger charge is -1.87. The van der Waals surface area contributed by atoms with E-state index >= 15 is 0 Å². The minimum Gasteiger partial charge on any atom is -0.481 e. The highest BCUT2D eigenvalue weighted by Crippen LogP contribution is 2.15. The van der Waals surface area contributed by atoms with Gasteiger partial charge in [0.05, 0.1) is 5.69 Å². The molecule has 0 unspecified atom stereocenters. The number of rotatable bonds is 3. The minimum absolute atomic E-state index is 0.0139. The topological polar surface area (TPSA) is 63.3 Å². The van der Waals surface area contributed by atoms with Crippen LogP contribution in [0.2, 0.25) is 0 Å². The molecule has 11 heavy (non-hydrogen) atoms. The number of carboxylic acids is 1. The first-order chi connectivity index (χ1) is 5.18. The van der Waals surface area contributed by atoms with Crippen LogP contribution in [0.4, 0.5) is 0 Å². The summed E-state index contributed by atoms with van der Waals surface area (Å²) in [5, 5.41) is 8.70. The van der Waals surface area contributed by atoms with Gasteiger partial charge in [0.25, 0.3) is 5.22 Å². The van der Waals surface area contributed by atoms with Gasteiger partial charge >= 0.3 is 5.97 Å². The van der Waals surface area contributed by atoms with E-state index in [2.05, 4.69) is 4.98 Å². The number of carbonyl (C=O) groups is 1. The number of hydrogen-bond donors (Lipinski definition) is 1. The summed E-state index contributed by atoms with van der Waals surface area (Å²) < 4.78 is 4.90. The number of hydrogen-bond acceptors (Lipinski definition) is 4. The van der Waals surface area contributed by atoms with Crippen molar-refractivity contribution in [2.75, 3.05) is 5.75 Å². The molecule has 1 heterocycles. The molecule has 5 heteroatoms. The van der Waals surface area contributed by atoms with Gasteiger partial charge in [-0.1, -0.05) is 11.8 Å². The lowest BCUT2D eigenvalue weighted by atomic mass is 10.6. The van der Waals surface area contributed by atoms with Crippen LogP contribution in [-0.4, -0.2) is 21.8 Å². The average Bonchev–Trinajstić information content (AvgIpc) is 2.31. The third kappa shape index (κ3) is 2.63. The molecule has 0 saturated heterocycles. The maximum Gasteiger partial charge on any atom is 0.314 e. The average molecular weight is 173 g/mol. The predicted molar refractivity (Wildman–Crippen MR) is 39.6 cm³/mol. The predicted octanol–water partition coefficient (Wildman–Crippen LogP) is 1.16. The summed E-state index contributed by atoms with van der Waals surface area (Å²) in [5.41, 5.74) is 0.762. The molecule has 1 N–H and O–H groups in total. The summed E-state index contributed by atoms with van der Waals surface area (Å²) in [7, 11) is 0. The highest BCUT2D eigenvalue weighted by atomic mass is 32.2. The first-order valence-corrected chi connectivity index (χ1v) is 3.94. The molecular formula is C6H7NO3S. The standard InChI is InChI=1S/C6H7NO3S/c1-4-2-10-6(7-4)11-3-5(8)9/h2H,3H2,1H3,(H,8,9). The fourth-order valence-electron chi connectivity index (χ4n) is 0.522. The fourth-order valence-corrected chi connectivity index (χ4v) is 1.09. The van der Waals surface area contributed by atoms with Gasteiger partial charge in [-0.25, -0.2) is 4.98 Å². The molecule has 0 radical (unpaired) electrons. The summed E-state index contributed by atoms with van der Waals surface area (Å²) >= 11 is 1.07. The van der Waals surface area contributed by atoms with E-state index in [1.165, 1.54) is 6.26 Å². The fraction of sp³-hybridized carbons (Fsp3) is 0.333. The molecule has 60 valence electrons. The summed E-state index contributed by atoms with van der Waals surface area (Å²) in [6.07, 6.45) is 1.49. The van der Waals surface area contributed by atoms with Crippen LogP contribution < -0.4 is 0 Å². The van der Waals surface area contributed by atoms with Crippen molar-refractivity contribution in [3.63, 3.8) is 0 Å². The van der Waals surface area contributed by atoms with Crippen LogP contribution in [0.1, 0.15) is 5.69 Å². The minimum atomic E-state index is -0.870. The van der Waals surface area contributed by atoms with Crippen molar-refractivity contribution >= 4 is 17.7 Å². The van der Waals surface area contributed by atoms with E-state index in [-0.39, 0.29) is 5.75 Å². The zero-order chi connectivity index (χ0) is 8.27. The number of thioether (sulfide) groups is 1. The highest BCUT2D eigenvalue weighted by Gasteiger charge is 2.03. The van der Waals surface area contributed by atoms with Gasteiger partial charge in [0.2, 0.25) is 0 Å². The number of carboxylic acid groups (broad SMARTS) is 1. The summed E-state index contributed by atoms with van der Waals surface area (Å²) in [4.78, 5) is 14.0. The molecule has 0 amide bonds. The lowest BCUT2D eigenvalue weighted by molar-refractivity contribution is -0.133. The third-order valence-electron chi connectivity index (χ3n) is 0.917. The molecule has 1 rings (SSSR count). The van der Waals surface area contributed by atoms with Crippen LogP contribution in [0, 0.1) is 6.92 Å². The quantitative estimate of drug-likeness (QED) is 0.695. The second-order valence-electron chi connectivity index (χ2n) is 1.94. The maximum absolute atomic E-state index is 10.1. The van der Waals surface area contributed by atoms with Crippen molar-refractivity contribution < 1.29 is 14.3 Å². The lowest BCUT2D eigenvalue weighted by Crippen LogP contribution is -1.97. The van der Waals surface area contributed by atoms with E-state index in [0.29, 0.717) is 5.22 Å². The molecule has 0 aliphatic rings. The van der Waals surface area contributed by atoms with Gasteiger partial charge in [-0.05, 0) is 6.92 Å². The zero-order valence-electron chi connectivity index (χ0n) is 5.90. The van der Waals surface area contributed by atoms with Crippen LogP contribution in [0.5, 0.6) is 0 Å². The van der Waals surface area contributed by atoms with Crippen molar-refractivity contribution in [3.8, 4) is 0 Å². The van der Waals surface area contributed by atoms with Gasteiger partial charge in [-0.3, -0.25) is 4.79 Å². The molecule has 1 aromatic rings. The molecule has 0 aliphatic carbocycles. The number of aliphatic carboxylic acids is 1. The van der Waals surface area contributed by atoms with Crippen molar-refractivity contribution in [1.29, 1.82) is 0 Å². The number of aromatic nitrogens is 1. The molecule has 0 atom stereocenters. The Morgan fingerprint density at radius 2 is 2.64 bits per heavy atom. The van der Waals surface area contributed by atoms with Gasteiger partial charge in [0.1, 0.15) is 12.0 Å². The summed E-state index contributed by atoms with van der Waals surface area (Å²) in [5.74, 6) is -0.884. The summed E-state index contributed by atoms with van der Waals surface area (Å²) in [6.45, 7) is 1.79. The monoisotopic (exact) mass is 173 g/mol. The Morgan fingerprint density at radius 1 is 1.91 bits per heavy atom. The van der Waals surface area contributed by atoms with Gasteiger partial charge in [-0.2, -0.15) is 0 Å². The zero-order valence-corrected chi connectivity index (χ0v) is 6.72. The normalized spacial score (nSPS) is 9.91. The first kappa shape index (κ1) is 8.13. The van der Waals surface area contributed by atoms with Crippen molar-refractivity contribution in [3.05, 3.63) is 12.0 Å². The maximum atomic E-state index is 10.1. The number of aryl methyl sites for hydroxylation is 1. The van der Waals surface area contributed by atoms with Crippen LogP contribution in [0.3, 0.4) is 0 Å². The van der Waals surface area contributed by atoms with Gasteiger partial charge < -0.3 is 9.52 Å². The molecule has 1 aromatic heterocycles. The van der Waals surface area contributed by atoms with Crippen LogP contribution in [-0.2, 0) is 4.79 Å². The summed E-state index contributed by atoms with van der Waals surface area (Å²) in [6, 6.07) is 0.